The normalized spacial score (nSPS) is 10.4. The first-order chi connectivity index (χ1) is 9.08. The summed E-state index contributed by atoms with van der Waals surface area (Å²) >= 11 is 5.92. The zero-order valence-corrected chi connectivity index (χ0v) is 11.4. The van der Waals surface area contributed by atoms with Crippen LogP contribution in [0.5, 0.6) is 0 Å². The molecule has 19 heavy (non-hydrogen) atoms. The lowest BCUT2D eigenvalue weighted by atomic mass is 10.2. The Hall–Kier alpha value is -1.94. The number of benzene rings is 1. The fourth-order valence-corrected chi connectivity index (χ4v) is 1.96. The minimum absolute atomic E-state index is 0.0367. The summed E-state index contributed by atoms with van der Waals surface area (Å²) in [6, 6.07) is 8.72. The third kappa shape index (κ3) is 3.29. The minimum atomic E-state index is -0.0367. The number of nitrogens with two attached hydrogens (primary N) is 1. The number of hydrogen-bond donors (Lipinski definition) is 1. The highest BCUT2D eigenvalue weighted by molar-refractivity contribution is 6.31. The smallest absolute Gasteiger partial charge is 0.227 e. The molecule has 100 valence electrons. The maximum Gasteiger partial charge on any atom is 0.227 e. The number of rotatable bonds is 4. The van der Waals surface area contributed by atoms with Crippen LogP contribution >= 0.6 is 11.6 Å². The largest absolute Gasteiger partial charge is 0.469 e. The molecule has 0 saturated heterocycles. The molecule has 0 radical (unpaired) electrons. The predicted molar refractivity (Wildman–Crippen MR) is 76.3 cm³/mol. The number of carbonyl (C=O) groups is 1. The lowest BCUT2D eigenvalue weighted by Crippen LogP contribution is -2.27. The second-order valence-electron chi connectivity index (χ2n) is 4.24. The Bertz CT molecular complexity index is 567. The van der Waals surface area contributed by atoms with Crippen LogP contribution in [0.3, 0.4) is 0 Å². The maximum absolute atomic E-state index is 12.1. The molecule has 0 unspecified atom stereocenters. The maximum atomic E-state index is 12.1. The molecule has 1 aromatic heterocycles. The van der Waals surface area contributed by atoms with E-state index in [2.05, 4.69) is 0 Å². The van der Waals surface area contributed by atoms with Crippen molar-refractivity contribution < 1.29 is 9.21 Å². The van der Waals surface area contributed by atoms with Gasteiger partial charge in [0.2, 0.25) is 5.91 Å². The van der Waals surface area contributed by atoms with Gasteiger partial charge >= 0.3 is 0 Å². The average Bonchev–Trinajstić information content (AvgIpc) is 2.91. The van der Waals surface area contributed by atoms with Crippen molar-refractivity contribution >= 4 is 28.9 Å². The Kier molecular flexibility index (Phi) is 4.12. The first-order valence-electron chi connectivity index (χ1n) is 5.92. The highest BCUT2D eigenvalue weighted by Gasteiger charge is 2.14. The van der Waals surface area contributed by atoms with Gasteiger partial charge in [0.25, 0.3) is 0 Å². The zero-order chi connectivity index (χ0) is 13.8. The molecule has 0 atom stereocenters. The van der Waals surface area contributed by atoms with Crippen LogP contribution in [0.15, 0.2) is 41.0 Å². The third-order valence-corrected chi connectivity index (χ3v) is 3.13. The molecule has 0 saturated carbocycles. The summed E-state index contributed by atoms with van der Waals surface area (Å²) in [5.41, 5.74) is 7.00. The number of amides is 1. The van der Waals surface area contributed by atoms with Crippen LogP contribution in [-0.4, -0.2) is 13.0 Å². The molecule has 2 rings (SSSR count). The van der Waals surface area contributed by atoms with Gasteiger partial charge in [-0.15, -0.1) is 0 Å². The second kappa shape index (κ2) is 5.80. The summed E-state index contributed by atoms with van der Waals surface area (Å²) < 4.78 is 5.20. The number of aryl methyl sites for hydroxylation is 1. The molecule has 1 amide bonds. The fraction of sp³-hybridized carbons (Fsp3) is 0.214. The quantitative estimate of drug-likeness (QED) is 0.874. The van der Waals surface area contributed by atoms with Gasteiger partial charge in [0.1, 0.15) is 5.76 Å². The van der Waals surface area contributed by atoms with Gasteiger partial charge in [0.15, 0.2) is 0 Å². The van der Waals surface area contributed by atoms with Crippen LogP contribution in [0.2, 0.25) is 5.02 Å². The molecule has 0 spiro atoms. The molecule has 0 aliphatic carbocycles. The van der Waals surface area contributed by atoms with E-state index >= 15 is 0 Å². The Morgan fingerprint density at radius 2 is 2.21 bits per heavy atom. The van der Waals surface area contributed by atoms with E-state index in [4.69, 9.17) is 21.8 Å². The van der Waals surface area contributed by atoms with E-state index in [0.29, 0.717) is 29.2 Å². The van der Waals surface area contributed by atoms with Crippen LogP contribution in [-0.2, 0) is 11.2 Å². The lowest BCUT2D eigenvalue weighted by molar-refractivity contribution is -0.118. The molecule has 0 aliphatic rings. The van der Waals surface area contributed by atoms with E-state index in [-0.39, 0.29) is 5.91 Å². The van der Waals surface area contributed by atoms with Crippen molar-refractivity contribution in [1.82, 2.24) is 0 Å². The Labute approximate surface area is 116 Å². The van der Waals surface area contributed by atoms with E-state index in [1.165, 1.54) is 4.90 Å². The summed E-state index contributed by atoms with van der Waals surface area (Å²) in [6.45, 7) is 0. The van der Waals surface area contributed by atoms with Gasteiger partial charge in [0.05, 0.1) is 17.6 Å². The molecule has 0 aliphatic heterocycles. The molecule has 0 fully saturated rings. The van der Waals surface area contributed by atoms with Crippen molar-refractivity contribution in [3.05, 3.63) is 47.4 Å². The molecule has 1 heterocycles. The number of nitrogen functional groups attached to an aromatic ring is 1. The van der Waals surface area contributed by atoms with Gasteiger partial charge in [-0.25, -0.2) is 0 Å². The number of nitrogens with zero attached hydrogens (tertiary/aromatic N) is 1. The fourth-order valence-electron chi connectivity index (χ4n) is 1.79. The third-order valence-electron chi connectivity index (χ3n) is 2.89. The van der Waals surface area contributed by atoms with Crippen LogP contribution in [0, 0.1) is 0 Å². The van der Waals surface area contributed by atoms with Crippen molar-refractivity contribution in [1.29, 1.82) is 0 Å². The highest BCUT2D eigenvalue weighted by Crippen LogP contribution is 2.26. The number of furan rings is 1. The molecule has 5 heteroatoms. The van der Waals surface area contributed by atoms with E-state index < -0.39 is 0 Å². The summed E-state index contributed by atoms with van der Waals surface area (Å²) in [7, 11) is 1.69. The van der Waals surface area contributed by atoms with Crippen molar-refractivity contribution in [3.8, 4) is 0 Å². The second-order valence-corrected chi connectivity index (χ2v) is 4.67. The monoisotopic (exact) mass is 278 g/mol. The molecular formula is C14H15ClN2O2. The standard InChI is InChI=1S/C14H15ClN2O2/c1-17(13-9-10(15)4-6-12(13)16)14(18)7-5-11-3-2-8-19-11/h2-4,6,8-9H,5,7,16H2,1H3. The van der Waals surface area contributed by atoms with E-state index in [9.17, 15) is 4.79 Å². The minimum Gasteiger partial charge on any atom is -0.469 e. The van der Waals surface area contributed by atoms with Crippen molar-refractivity contribution in [2.24, 2.45) is 0 Å². The number of carbonyl (C=O) groups excluding carboxylic acids is 1. The van der Waals surface area contributed by atoms with Crippen LogP contribution in [0.1, 0.15) is 12.2 Å². The van der Waals surface area contributed by atoms with Gasteiger partial charge < -0.3 is 15.1 Å². The van der Waals surface area contributed by atoms with Crippen LogP contribution < -0.4 is 10.6 Å². The highest BCUT2D eigenvalue weighted by atomic mass is 35.5. The molecule has 0 bridgehead atoms. The van der Waals surface area contributed by atoms with Gasteiger partial charge in [-0.05, 0) is 30.3 Å². The molecule has 1 aromatic carbocycles. The van der Waals surface area contributed by atoms with Crippen LogP contribution in [0.4, 0.5) is 11.4 Å². The molecule has 4 nitrogen and oxygen atoms in total. The van der Waals surface area contributed by atoms with Crippen molar-refractivity contribution in [3.63, 3.8) is 0 Å². The van der Waals surface area contributed by atoms with Gasteiger partial charge in [-0.1, -0.05) is 11.6 Å². The van der Waals surface area contributed by atoms with Gasteiger partial charge in [0, 0.05) is 24.9 Å². The molecule has 2 aromatic rings. The lowest BCUT2D eigenvalue weighted by Gasteiger charge is -2.19. The van der Waals surface area contributed by atoms with E-state index in [1.54, 1.807) is 37.6 Å². The molecular weight excluding hydrogens is 264 g/mol. The summed E-state index contributed by atoms with van der Waals surface area (Å²) in [6.07, 6.45) is 2.52. The van der Waals surface area contributed by atoms with Crippen LogP contribution in [0.25, 0.3) is 0 Å². The number of anilines is 2. The number of halogens is 1. The summed E-state index contributed by atoms with van der Waals surface area (Å²) in [5.74, 6) is 0.756. The SMILES string of the molecule is CN(C(=O)CCc1ccco1)c1cc(Cl)ccc1N. The molecule has 2 N–H and O–H groups in total. The Balaban J connectivity index is 2.04. The summed E-state index contributed by atoms with van der Waals surface area (Å²) in [4.78, 5) is 13.6. The Morgan fingerprint density at radius 1 is 1.42 bits per heavy atom. The van der Waals surface area contributed by atoms with E-state index in [0.717, 1.165) is 5.76 Å². The summed E-state index contributed by atoms with van der Waals surface area (Å²) in [5, 5.41) is 0.551. The van der Waals surface area contributed by atoms with Crippen molar-refractivity contribution in [2.75, 3.05) is 17.7 Å². The first-order valence-corrected chi connectivity index (χ1v) is 6.29. The average molecular weight is 279 g/mol. The predicted octanol–water partition coefficient (Wildman–Crippen LogP) is 3.11. The first kappa shape index (κ1) is 13.5. The van der Waals surface area contributed by atoms with Gasteiger partial charge in [-0.2, -0.15) is 0 Å². The zero-order valence-electron chi connectivity index (χ0n) is 10.6. The van der Waals surface area contributed by atoms with Gasteiger partial charge in [-0.3, -0.25) is 4.79 Å². The topological polar surface area (TPSA) is 59.5 Å². The number of hydrogen-bond acceptors (Lipinski definition) is 3. The van der Waals surface area contributed by atoms with E-state index in [1.807, 2.05) is 6.07 Å². The van der Waals surface area contributed by atoms with Crippen molar-refractivity contribution in [2.45, 2.75) is 12.8 Å². The Morgan fingerprint density at radius 3 is 2.89 bits per heavy atom.